The summed E-state index contributed by atoms with van der Waals surface area (Å²) in [6.45, 7) is 1.01. The second-order valence-electron chi connectivity index (χ2n) is 4.56. The average molecular weight is 313 g/mol. The van der Waals surface area contributed by atoms with Crippen molar-refractivity contribution < 1.29 is 9.18 Å². The van der Waals surface area contributed by atoms with Crippen LogP contribution >= 0.6 is 23.7 Å². The monoisotopic (exact) mass is 312 g/mol. The third-order valence-corrected chi connectivity index (χ3v) is 4.18. The molecule has 0 unspecified atom stereocenters. The molecular weight excluding hydrogens is 299 g/mol. The Balaban J connectivity index is 0.00000147. The van der Waals surface area contributed by atoms with Crippen LogP contribution in [0.4, 0.5) is 4.39 Å². The van der Waals surface area contributed by atoms with Crippen LogP contribution in [0.5, 0.6) is 0 Å². The van der Waals surface area contributed by atoms with E-state index in [4.69, 9.17) is 0 Å². The number of rotatable bonds is 3. The molecule has 2 heterocycles. The number of halogens is 2. The Morgan fingerprint density at radius 3 is 2.75 bits per heavy atom. The topological polar surface area (TPSA) is 42.0 Å². The molecule has 0 aliphatic carbocycles. The first-order valence-electron chi connectivity index (χ1n) is 6.23. The summed E-state index contributed by atoms with van der Waals surface area (Å²) >= 11 is 1.50. The van der Waals surface area contributed by atoms with Gasteiger partial charge in [-0.05, 0) is 43.7 Å². The van der Waals surface area contributed by atoms with E-state index < -0.39 is 0 Å². The Kier molecular flexibility index (Phi) is 4.86. The predicted molar refractivity (Wildman–Crippen MR) is 79.2 cm³/mol. The van der Waals surface area contributed by atoms with Crippen molar-refractivity contribution >= 4 is 29.5 Å². The SMILES string of the molecule is Cl.O=C(c1ccc(F)cc1)c1csc([C@@H]2CCCN2)n1. The lowest BCUT2D eigenvalue weighted by atomic mass is 10.1. The summed E-state index contributed by atoms with van der Waals surface area (Å²) in [7, 11) is 0. The average Bonchev–Trinajstić information content (AvgIpc) is 3.10. The van der Waals surface area contributed by atoms with E-state index in [-0.39, 0.29) is 30.0 Å². The minimum atomic E-state index is -0.342. The molecule has 0 bridgehead atoms. The molecule has 1 fully saturated rings. The highest BCUT2D eigenvalue weighted by Crippen LogP contribution is 2.26. The third kappa shape index (κ3) is 3.06. The van der Waals surface area contributed by atoms with Crippen LogP contribution in [-0.4, -0.2) is 17.3 Å². The van der Waals surface area contributed by atoms with Crippen molar-refractivity contribution in [2.45, 2.75) is 18.9 Å². The number of benzene rings is 1. The number of aromatic nitrogens is 1. The maximum Gasteiger partial charge on any atom is 0.212 e. The highest BCUT2D eigenvalue weighted by atomic mass is 35.5. The molecule has 106 valence electrons. The smallest absolute Gasteiger partial charge is 0.212 e. The molecule has 6 heteroatoms. The third-order valence-electron chi connectivity index (χ3n) is 3.22. The minimum absolute atomic E-state index is 0. The predicted octanol–water partition coefficient (Wildman–Crippen LogP) is 3.36. The molecule has 1 aromatic heterocycles. The second kappa shape index (κ2) is 6.43. The summed E-state index contributed by atoms with van der Waals surface area (Å²) in [4.78, 5) is 16.6. The Morgan fingerprint density at radius 1 is 1.35 bits per heavy atom. The first-order valence-corrected chi connectivity index (χ1v) is 7.11. The van der Waals surface area contributed by atoms with E-state index in [9.17, 15) is 9.18 Å². The van der Waals surface area contributed by atoms with Crippen molar-refractivity contribution in [2.24, 2.45) is 0 Å². The van der Waals surface area contributed by atoms with Gasteiger partial charge in [-0.15, -0.1) is 23.7 Å². The van der Waals surface area contributed by atoms with Gasteiger partial charge in [0.2, 0.25) is 5.78 Å². The van der Waals surface area contributed by atoms with E-state index in [0.717, 1.165) is 24.4 Å². The summed E-state index contributed by atoms with van der Waals surface area (Å²) in [6.07, 6.45) is 2.21. The Morgan fingerprint density at radius 2 is 2.10 bits per heavy atom. The van der Waals surface area contributed by atoms with Gasteiger partial charge < -0.3 is 5.32 Å². The standard InChI is InChI=1S/C14H13FN2OS.ClH/c15-10-5-3-9(4-6-10)13(18)12-8-19-14(17-12)11-2-1-7-16-11;/h3-6,8,11,16H,1-2,7H2;1H/t11-;/m0./s1. The van der Waals surface area contributed by atoms with Gasteiger partial charge in [0.1, 0.15) is 16.5 Å². The van der Waals surface area contributed by atoms with Gasteiger partial charge in [0, 0.05) is 10.9 Å². The molecule has 3 rings (SSSR count). The van der Waals surface area contributed by atoms with Crippen LogP contribution in [0.3, 0.4) is 0 Å². The van der Waals surface area contributed by atoms with E-state index in [1.54, 1.807) is 5.38 Å². The molecule has 1 saturated heterocycles. The van der Waals surface area contributed by atoms with Crippen LogP contribution in [0, 0.1) is 5.82 Å². The summed E-state index contributed by atoms with van der Waals surface area (Å²) in [5.41, 5.74) is 0.915. The van der Waals surface area contributed by atoms with Crippen LogP contribution in [0.25, 0.3) is 0 Å². The Bertz CT molecular complexity index is 593. The van der Waals surface area contributed by atoms with E-state index in [1.165, 1.54) is 35.6 Å². The highest BCUT2D eigenvalue weighted by Gasteiger charge is 2.21. The van der Waals surface area contributed by atoms with E-state index >= 15 is 0 Å². The summed E-state index contributed by atoms with van der Waals surface area (Å²) in [5, 5.41) is 6.10. The fourth-order valence-corrected chi connectivity index (χ4v) is 3.11. The molecule has 2 aromatic rings. The lowest BCUT2D eigenvalue weighted by Gasteiger charge is -2.04. The van der Waals surface area contributed by atoms with Crippen LogP contribution in [0.1, 0.15) is 39.9 Å². The van der Waals surface area contributed by atoms with Gasteiger partial charge >= 0.3 is 0 Å². The van der Waals surface area contributed by atoms with Crippen molar-refractivity contribution in [3.63, 3.8) is 0 Å². The number of ketones is 1. The van der Waals surface area contributed by atoms with E-state index in [0.29, 0.717) is 11.3 Å². The van der Waals surface area contributed by atoms with Gasteiger partial charge in [0.25, 0.3) is 0 Å². The zero-order chi connectivity index (χ0) is 13.2. The van der Waals surface area contributed by atoms with Gasteiger partial charge in [-0.25, -0.2) is 9.37 Å². The molecule has 20 heavy (non-hydrogen) atoms. The molecule has 1 aliphatic rings. The van der Waals surface area contributed by atoms with Gasteiger partial charge in [-0.2, -0.15) is 0 Å². The van der Waals surface area contributed by atoms with Crippen LogP contribution in [-0.2, 0) is 0 Å². The molecule has 1 aromatic carbocycles. The zero-order valence-corrected chi connectivity index (χ0v) is 12.3. The van der Waals surface area contributed by atoms with Crippen molar-refractivity contribution in [2.75, 3.05) is 6.54 Å². The zero-order valence-electron chi connectivity index (χ0n) is 10.6. The molecule has 3 nitrogen and oxygen atoms in total. The lowest BCUT2D eigenvalue weighted by molar-refractivity contribution is 0.103. The van der Waals surface area contributed by atoms with Gasteiger partial charge in [0.05, 0.1) is 6.04 Å². The number of carbonyl (C=O) groups excluding carboxylic acids is 1. The molecule has 0 spiro atoms. The van der Waals surface area contributed by atoms with Crippen LogP contribution in [0.2, 0.25) is 0 Å². The maximum absolute atomic E-state index is 12.8. The van der Waals surface area contributed by atoms with Gasteiger partial charge in [-0.1, -0.05) is 0 Å². The van der Waals surface area contributed by atoms with Crippen molar-refractivity contribution in [3.05, 3.63) is 51.7 Å². The quantitative estimate of drug-likeness (QED) is 0.884. The fraction of sp³-hybridized carbons (Fsp3) is 0.286. The van der Waals surface area contributed by atoms with Gasteiger partial charge in [-0.3, -0.25) is 4.79 Å². The maximum atomic E-state index is 12.8. The number of carbonyl (C=O) groups is 1. The van der Waals surface area contributed by atoms with Gasteiger partial charge in [0.15, 0.2) is 0 Å². The molecule has 0 radical (unpaired) electrons. The number of hydrogen-bond acceptors (Lipinski definition) is 4. The molecule has 1 aliphatic heterocycles. The molecule has 1 N–H and O–H groups in total. The lowest BCUT2D eigenvalue weighted by Crippen LogP contribution is -2.13. The summed E-state index contributed by atoms with van der Waals surface area (Å²) in [6, 6.07) is 5.84. The second-order valence-corrected chi connectivity index (χ2v) is 5.45. The number of hydrogen-bond donors (Lipinski definition) is 1. The van der Waals surface area contributed by atoms with E-state index in [1.807, 2.05) is 0 Å². The fourth-order valence-electron chi connectivity index (χ4n) is 2.20. The normalized spacial score (nSPS) is 17.8. The summed E-state index contributed by atoms with van der Waals surface area (Å²) < 4.78 is 12.8. The minimum Gasteiger partial charge on any atom is -0.308 e. The molecule has 0 saturated carbocycles. The number of nitrogens with one attached hydrogen (secondary N) is 1. The Labute approximate surface area is 126 Å². The van der Waals surface area contributed by atoms with Crippen molar-refractivity contribution in [1.82, 2.24) is 10.3 Å². The van der Waals surface area contributed by atoms with Crippen molar-refractivity contribution in [1.29, 1.82) is 0 Å². The highest BCUT2D eigenvalue weighted by molar-refractivity contribution is 7.10. The first-order chi connectivity index (χ1) is 9.24. The van der Waals surface area contributed by atoms with Crippen molar-refractivity contribution in [3.8, 4) is 0 Å². The van der Waals surface area contributed by atoms with Crippen LogP contribution in [0.15, 0.2) is 29.6 Å². The summed E-state index contributed by atoms with van der Waals surface area (Å²) in [5.74, 6) is -0.494. The van der Waals surface area contributed by atoms with Crippen LogP contribution < -0.4 is 5.32 Å². The first kappa shape index (κ1) is 15.1. The number of thiazole rings is 1. The largest absolute Gasteiger partial charge is 0.308 e. The molecule has 1 atom stereocenters. The molecule has 0 amide bonds. The number of nitrogens with zero attached hydrogens (tertiary/aromatic N) is 1. The van der Waals surface area contributed by atoms with E-state index in [2.05, 4.69) is 10.3 Å². The Hall–Kier alpha value is -1.30. The molecular formula is C14H14ClFN2OS.